The molecule has 1 aromatic heterocycles. The second kappa shape index (κ2) is 7.65. The molecule has 2 aromatic rings. The Bertz CT molecular complexity index is 578. The third kappa shape index (κ3) is 3.81. The average molecular weight is 270 g/mol. The topological polar surface area (TPSA) is 34.1 Å². The summed E-state index contributed by atoms with van der Waals surface area (Å²) in [6.07, 6.45) is 5.12. The van der Waals surface area contributed by atoms with Crippen LogP contribution < -0.4 is 10.1 Å². The van der Waals surface area contributed by atoms with Crippen LogP contribution in [0.1, 0.15) is 26.0 Å². The molecule has 1 heterocycles. The Morgan fingerprint density at radius 1 is 1.30 bits per heavy atom. The molecule has 1 N–H and O–H groups in total. The third-order valence-corrected chi connectivity index (χ3v) is 3.03. The predicted molar refractivity (Wildman–Crippen MR) is 84.0 cm³/mol. The van der Waals surface area contributed by atoms with Crippen LogP contribution in [-0.2, 0) is 6.54 Å². The maximum Gasteiger partial charge on any atom is 0.131 e. The summed E-state index contributed by atoms with van der Waals surface area (Å²) >= 11 is 0. The van der Waals surface area contributed by atoms with Gasteiger partial charge >= 0.3 is 0 Å². The molecule has 106 valence electrons. The highest BCUT2D eigenvalue weighted by molar-refractivity contribution is 5.85. The van der Waals surface area contributed by atoms with E-state index in [4.69, 9.17) is 4.74 Å². The van der Waals surface area contributed by atoms with E-state index in [2.05, 4.69) is 23.3 Å². The molecule has 0 spiro atoms. The molecule has 1 aromatic carbocycles. The van der Waals surface area contributed by atoms with Crippen molar-refractivity contribution < 1.29 is 4.74 Å². The Morgan fingerprint density at radius 2 is 2.15 bits per heavy atom. The summed E-state index contributed by atoms with van der Waals surface area (Å²) in [5.41, 5.74) is 2.01. The van der Waals surface area contributed by atoms with Crippen LogP contribution >= 0.6 is 0 Å². The van der Waals surface area contributed by atoms with Crippen molar-refractivity contribution in [1.29, 1.82) is 0 Å². The number of allylic oxidation sites excluding steroid dienone is 1. The number of pyridine rings is 1. The summed E-state index contributed by atoms with van der Waals surface area (Å²) in [4.78, 5) is 4.68. The SMILES string of the molecule is CC=CCOc1cc(CNCCC)nc2ccccc12. The number of rotatable bonds is 7. The van der Waals surface area contributed by atoms with Crippen molar-refractivity contribution in [2.75, 3.05) is 13.2 Å². The predicted octanol–water partition coefficient (Wildman–Crippen LogP) is 3.69. The molecule has 3 nitrogen and oxygen atoms in total. The smallest absolute Gasteiger partial charge is 0.131 e. The molecule has 0 bridgehead atoms. The fraction of sp³-hybridized carbons (Fsp3) is 0.353. The summed E-state index contributed by atoms with van der Waals surface area (Å²) in [6, 6.07) is 10.1. The monoisotopic (exact) mass is 270 g/mol. The highest BCUT2D eigenvalue weighted by Crippen LogP contribution is 2.25. The number of hydrogen-bond donors (Lipinski definition) is 1. The molecule has 20 heavy (non-hydrogen) atoms. The van der Waals surface area contributed by atoms with Gasteiger partial charge in [-0.25, -0.2) is 0 Å². The zero-order valence-corrected chi connectivity index (χ0v) is 12.2. The minimum absolute atomic E-state index is 0.590. The largest absolute Gasteiger partial charge is 0.489 e. The number of nitrogens with one attached hydrogen (secondary N) is 1. The van der Waals surface area contributed by atoms with Crippen molar-refractivity contribution >= 4 is 10.9 Å². The van der Waals surface area contributed by atoms with Gasteiger partial charge in [0.15, 0.2) is 0 Å². The summed E-state index contributed by atoms with van der Waals surface area (Å²) < 4.78 is 5.85. The van der Waals surface area contributed by atoms with Crippen molar-refractivity contribution in [3.63, 3.8) is 0 Å². The Balaban J connectivity index is 2.26. The number of aromatic nitrogens is 1. The van der Waals surface area contributed by atoms with Crippen LogP contribution in [0.3, 0.4) is 0 Å². The molecule has 0 amide bonds. The maximum absolute atomic E-state index is 5.85. The zero-order chi connectivity index (χ0) is 14.2. The molecule has 0 aliphatic heterocycles. The standard InChI is InChI=1S/C17H22N2O/c1-3-5-11-20-17-12-14(13-18-10-4-2)19-16-9-7-6-8-15(16)17/h3,5-9,12,18H,4,10-11,13H2,1-2H3. The van der Waals surface area contributed by atoms with Gasteiger partial charge in [-0.15, -0.1) is 0 Å². The molecular formula is C17H22N2O. The number of para-hydroxylation sites is 1. The molecule has 2 rings (SSSR count). The van der Waals surface area contributed by atoms with Gasteiger partial charge in [-0.1, -0.05) is 31.2 Å². The number of nitrogens with zero attached hydrogens (tertiary/aromatic N) is 1. The fourth-order valence-electron chi connectivity index (χ4n) is 2.03. The molecule has 0 aliphatic rings. The second-order valence-electron chi connectivity index (χ2n) is 4.69. The van der Waals surface area contributed by atoms with Gasteiger partial charge in [-0.2, -0.15) is 0 Å². The first-order valence-electron chi connectivity index (χ1n) is 7.18. The van der Waals surface area contributed by atoms with Crippen LogP contribution in [0.5, 0.6) is 5.75 Å². The van der Waals surface area contributed by atoms with Gasteiger partial charge in [0.1, 0.15) is 12.4 Å². The lowest BCUT2D eigenvalue weighted by atomic mass is 10.2. The molecule has 0 unspecified atom stereocenters. The number of benzene rings is 1. The van der Waals surface area contributed by atoms with Gasteiger partial charge in [-0.3, -0.25) is 4.98 Å². The average Bonchev–Trinajstić information content (AvgIpc) is 2.48. The van der Waals surface area contributed by atoms with Gasteiger partial charge in [0.2, 0.25) is 0 Å². The minimum atomic E-state index is 0.590. The van der Waals surface area contributed by atoms with E-state index in [0.717, 1.165) is 41.9 Å². The van der Waals surface area contributed by atoms with Crippen molar-refractivity contribution in [2.45, 2.75) is 26.8 Å². The lowest BCUT2D eigenvalue weighted by Crippen LogP contribution is -2.15. The van der Waals surface area contributed by atoms with Gasteiger partial charge in [0.05, 0.1) is 11.2 Å². The van der Waals surface area contributed by atoms with Crippen LogP contribution in [0.15, 0.2) is 42.5 Å². The molecule has 0 radical (unpaired) electrons. The normalized spacial score (nSPS) is 11.3. The van der Waals surface area contributed by atoms with E-state index in [0.29, 0.717) is 6.61 Å². The maximum atomic E-state index is 5.85. The zero-order valence-electron chi connectivity index (χ0n) is 12.2. The van der Waals surface area contributed by atoms with Crippen LogP contribution in [0.2, 0.25) is 0 Å². The van der Waals surface area contributed by atoms with E-state index in [1.54, 1.807) is 0 Å². The summed E-state index contributed by atoms with van der Waals surface area (Å²) in [5, 5.41) is 4.44. The van der Waals surface area contributed by atoms with E-state index in [-0.39, 0.29) is 0 Å². The van der Waals surface area contributed by atoms with E-state index in [1.165, 1.54) is 0 Å². The van der Waals surface area contributed by atoms with Gasteiger partial charge in [-0.05, 0) is 32.0 Å². The molecular weight excluding hydrogens is 248 g/mol. The van der Waals surface area contributed by atoms with E-state index < -0.39 is 0 Å². The van der Waals surface area contributed by atoms with Crippen LogP contribution in [-0.4, -0.2) is 18.1 Å². The van der Waals surface area contributed by atoms with Crippen molar-refractivity contribution in [2.24, 2.45) is 0 Å². The fourth-order valence-corrected chi connectivity index (χ4v) is 2.03. The first-order valence-corrected chi connectivity index (χ1v) is 7.18. The highest BCUT2D eigenvalue weighted by Gasteiger charge is 2.06. The minimum Gasteiger partial charge on any atom is -0.489 e. The van der Waals surface area contributed by atoms with Gasteiger partial charge < -0.3 is 10.1 Å². The summed E-state index contributed by atoms with van der Waals surface area (Å²) in [6.45, 7) is 6.52. The highest BCUT2D eigenvalue weighted by atomic mass is 16.5. The number of ether oxygens (including phenoxy) is 1. The number of fused-ring (bicyclic) bond motifs is 1. The first-order chi connectivity index (χ1) is 9.85. The van der Waals surface area contributed by atoms with Gasteiger partial charge in [0.25, 0.3) is 0 Å². The lowest BCUT2D eigenvalue weighted by Gasteiger charge is -2.10. The first kappa shape index (κ1) is 14.5. The van der Waals surface area contributed by atoms with Crippen molar-refractivity contribution in [1.82, 2.24) is 10.3 Å². The van der Waals surface area contributed by atoms with E-state index >= 15 is 0 Å². The summed E-state index contributed by atoms with van der Waals surface area (Å²) in [5.74, 6) is 0.905. The second-order valence-corrected chi connectivity index (χ2v) is 4.69. The molecule has 0 fully saturated rings. The molecule has 0 atom stereocenters. The summed E-state index contributed by atoms with van der Waals surface area (Å²) in [7, 11) is 0. The number of hydrogen-bond acceptors (Lipinski definition) is 3. The molecule has 3 heteroatoms. The lowest BCUT2D eigenvalue weighted by molar-refractivity contribution is 0.366. The third-order valence-electron chi connectivity index (χ3n) is 3.03. The van der Waals surface area contributed by atoms with Crippen LogP contribution in [0.4, 0.5) is 0 Å². The van der Waals surface area contributed by atoms with Crippen molar-refractivity contribution in [3.05, 3.63) is 48.2 Å². The van der Waals surface area contributed by atoms with Crippen LogP contribution in [0, 0.1) is 0 Å². The van der Waals surface area contributed by atoms with Gasteiger partial charge in [0, 0.05) is 18.0 Å². The van der Waals surface area contributed by atoms with Crippen molar-refractivity contribution in [3.8, 4) is 5.75 Å². The molecule has 0 saturated heterocycles. The van der Waals surface area contributed by atoms with E-state index in [9.17, 15) is 0 Å². The molecule has 0 aliphatic carbocycles. The Morgan fingerprint density at radius 3 is 2.95 bits per heavy atom. The quantitative estimate of drug-likeness (QED) is 0.615. The molecule has 0 saturated carbocycles. The Hall–Kier alpha value is -1.87. The van der Waals surface area contributed by atoms with Crippen LogP contribution in [0.25, 0.3) is 10.9 Å². The Labute approximate surface area is 120 Å². The Kier molecular flexibility index (Phi) is 5.56. The van der Waals surface area contributed by atoms with E-state index in [1.807, 2.05) is 43.3 Å².